The van der Waals surface area contributed by atoms with Crippen LogP contribution in [0.15, 0.2) is 46.1 Å². The van der Waals surface area contributed by atoms with Gasteiger partial charge in [-0.25, -0.2) is 9.48 Å². The summed E-state index contributed by atoms with van der Waals surface area (Å²) in [6.45, 7) is 6.46. The van der Waals surface area contributed by atoms with Gasteiger partial charge in [-0.1, -0.05) is 20.3 Å². The summed E-state index contributed by atoms with van der Waals surface area (Å²) in [6, 6.07) is 8.87. The molecule has 0 saturated heterocycles. The Kier molecular flexibility index (Phi) is 6.74. The van der Waals surface area contributed by atoms with Crippen molar-refractivity contribution < 1.29 is 4.79 Å². The first-order valence-electron chi connectivity index (χ1n) is 10.4. The molecule has 1 aromatic carbocycles. The zero-order chi connectivity index (χ0) is 22.5. The summed E-state index contributed by atoms with van der Waals surface area (Å²) in [5, 5.41) is 4.36. The summed E-state index contributed by atoms with van der Waals surface area (Å²) >= 11 is 0. The van der Waals surface area contributed by atoms with Gasteiger partial charge >= 0.3 is 5.69 Å². The van der Waals surface area contributed by atoms with E-state index in [1.165, 1.54) is 9.47 Å². The number of unbranched alkanes of at least 4 members (excludes halogenated alkanes) is 1. The minimum Gasteiger partial charge on any atom is -0.383 e. The van der Waals surface area contributed by atoms with E-state index in [0.29, 0.717) is 31.5 Å². The molecule has 9 heteroatoms. The summed E-state index contributed by atoms with van der Waals surface area (Å²) in [7, 11) is 0. The van der Waals surface area contributed by atoms with Crippen molar-refractivity contribution in [2.75, 3.05) is 17.2 Å². The first-order chi connectivity index (χ1) is 14.9. The number of anilines is 2. The Labute approximate surface area is 180 Å². The van der Waals surface area contributed by atoms with E-state index in [4.69, 9.17) is 5.73 Å². The Bertz CT molecular complexity index is 1170. The van der Waals surface area contributed by atoms with E-state index < -0.39 is 11.2 Å². The van der Waals surface area contributed by atoms with Gasteiger partial charge in [0.2, 0.25) is 0 Å². The van der Waals surface area contributed by atoms with Crippen LogP contribution < -0.4 is 21.9 Å². The second-order valence-electron chi connectivity index (χ2n) is 7.40. The van der Waals surface area contributed by atoms with E-state index in [-0.39, 0.29) is 17.4 Å². The van der Waals surface area contributed by atoms with Crippen molar-refractivity contribution in [2.24, 2.45) is 0 Å². The summed E-state index contributed by atoms with van der Waals surface area (Å²) in [6.07, 6.45) is 4.01. The third-order valence-corrected chi connectivity index (χ3v) is 5.01. The molecule has 2 aromatic heterocycles. The second-order valence-corrected chi connectivity index (χ2v) is 7.40. The topological polar surface area (TPSA) is 119 Å². The molecule has 0 saturated carbocycles. The molecular formula is C22H28N6O3. The first-order valence-corrected chi connectivity index (χ1v) is 10.4. The summed E-state index contributed by atoms with van der Waals surface area (Å²) < 4.78 is 3.02. The molecule has 9 nitrogen and oxygen atoms in total. The third kappa shape index (κ3) is 4.60. The van der Waals surface area contributed by atoms with Crippen molar-refractivity contribution in [3.05, 3.63) is 68.6 Å². The fraction of sp³-hybridized carbons (Fsp3) is 0.364. The Morgan fingerprint density at radius 2 is 1.84 bits per heavy atom. The van der Waals surface area contributed by atoms with Crippen LogP contribution in [0.2, 0.25) is 0 Å². The highest BCUT2D eigenvalue weighted by molar-refractivity contribution is 6.07. The number of nitrogens with one attached hydrogen (secondary N) is 1. The molecule has 3 rings (SSSR count). The number of carbonyl (C=O) groups is 1. The zero-order valence-electron chi connectivity index (χ0n) is 18.1. The number of rotatable bonds is 8. The monoisotopic (exact) mass is 424 g/mol. The minimum atomic E-state index is -0.664. The van der Waals surface area contributed by atoms with Crippen molar-refractivity contribution in [2.45, 2.75) is 46.6 Å². The number of aryl methyl sites for hydroxylation is 1. The zero-order valence-corrected chi connectivity index (χ0v) is 18.1. The molecule has 0 fully saturated rings. The lowest BCUT2D eigenvalue weighted by Gasteiger charge is -2.24. The van der Waals surface area contributed by atoms with Gasteiger partial charge in [-0.15, -0.1) is 0 Å². The molecular weight excluding hydrogens is 396 g/mol. The SMILES string of the molecule is CCCCN(C(=O)c1ccc(-n2ccc(C)n2)cc1)c1c(N)n(CCC)c(=O)[nH]c1=O. The molecule has 0 aliphatic rings. The van der Waals surface area contributed by atoms with Crippen LogP contribution in [-0.2, 0) is 6.54 Å². The number of hydrogen-bond donors (Lipinski definition) is 2. The van der Waals surface area contributed by atoms with E-state index in [9.17, 15) is 14.4 Å². The van der Waals surface area contributed by atoms with Gasteiger partial charge in [-0.3, -0.25) is 19.1 Å². The standard InChI is InChI=1S/C22H28N6O3/c1-4-6-13-26(18-19(23)27(12-5-2)22(31)24-20(18)29)21(30)16-7-9-17(10-8-16)28-14-11-15(3)25-28/h7-11,14H,4-6,12-13,23H2,1-3H3,(H,24,29,31). The Morgan fingerprint density at radius 3 is 2.42 bits per heavy atom. The molecule has 0 bridgehead atoms. The minimum absolute atomic E-state index is 0.00342. The van der Waals surface area contributed by atoms with Gasteiger partial charge in [0, 0.05) is 24.8 Å². The lowest BCUT2D eigenvalue weighted by Crippen LogP contribution is -2.41. The average Bonchev–Trinajstić information content (AvgIpc) is 3.19. The van der Waals surface area contributed by atoms with E-state index >= 15 is 0 Å². The van der Waals surface area contributed by atoms with Crippen molar-refractivity contribution in [3.63, 3.8) is 0 Å². The fourth-order valence-corrected chi connectivity index (χ4v) is 3.39. The number of H-pyrrole nitrogens is 1. The fourth-order valence-electron chi connectivity index (χ4n) is 3.39. The van der Waals surface area contributed by atoms with Crippen LogP contribution in [0.1, 0.15) is 49.2 Å². The maximum atomic E-state index is 13.4. The van der Waals surface area contributed by atoms with Crippen LogP contribution in [0.25, 0.3) is 5.69 Å². The molecule has 1 amide bonds. The van der Waals surface area contributed by atoms with Gasteiger partial charge in [-0.2, -0.15) is 5.10 Å². The Hall–Kier alpha value is -3.62. The van der Waals surface area contributed by atoms with Gasteiger partial charge in [0.05, 0.1) is 11.4 Å². The number of nitrogens with two attached hydrogens (primary N) is 1. The highest BCUT2D eigenvalue weighted by Gasteiger charge is 2.25. The molecule has 0 aliphatic carbocycles. The predicted molar refractivity (Wildman–Crippen MR) is 121 cm³/mol. The van der Waals surface area contributed by atoms with E-state index in [0.717, 1.165) is 17.8 Å². The Morgan fingerprint density at radius 1 is 1.13 bits per heavy atom. The van der Waals surface area contributed by atoms with E-state index in [1.807, 2.05) is 33.0 Å². The van der Waals surface area contributed by atoms with Crippen molar-refractivity contribution in [3.8, 4) is 5.69 Å². The molecule has 0 atom stereocenters. The number of hydrogen-bond acceptors (Lipinski definition) is 5. The highest BCUT2D eigenvalue weighted by atomic mass is 16.2. The van der Waals surface area contributed by atoms with Crippen LogP contribution in [-0.4, -0.2) is 31.8 Å². The van der Waals surface area contributed by atoms with Crippen LogP contribution in [0.4, 0.5) is 11.5 Å². The quantitative estimate of drug-likeness (QED) is 0.576. The summed E-state index contributed by atoms with van der Waals surface area (Å²) in [5.41, 5.74) is 7.10. The van der Waals surface area contributed by atoms with Gasteiger partial charge in [0.1, 0.15) is 5.82 Å². The van der Waals surface area contributed by atoms with Crippen molar-refractivity contribution in [1.82, 2.24) is 19.3 Å². The first kappa shape index (κ1) is 22.1. The smallest absolute Gasteiger partial charge is 0.330 e. The van der Waals surface area contributed by atoms with Crippen molar-refractivity contribution in [1.29, 1.82) is 0 Å². The molecule has 0 radical (unpaired) electrons. The molecule has 2 heterocycles. The molecule has 3 N–H and O–H groups in total. The molecule has 31 heavy (non-hydrogen) atoms. The number of nitrogens with zero attached hydrogens (tertiary/aromatic N) is 4. The van der Waals surface area contributed by atoms with Gasteiger partial charge in [0.25, 0.3) is 11.5 Å². The molecule has 0 unspecified atom stereocenters. The number of amides is 1. The maximum absolute atomic E-state index is 13.4. The van der Waals surface area contributed by atoms with Gasteiger partial charge in [0.15, 0.2) is 5.69 Å². The van der Waals surface area contributed by atoms with E-state index in [1.54, 1.807) is 28.9 Å². The van der Waals surface area contributed by atoms with Gasteiger partial charge in [-0.05, 0) is 50.1 Å². The van der Waals surface area contributed by atoms with Gasteiger partial charge < -0.3 is 10.6 Å². The van der Waals surface area contributed by atoms with Crippen molar-refractivity contribution >= 4 is 17.4 Å². The summed E-state index contributed by atoms with van der Waals surface area (Å²) in [5.74, 6) is -0.348. The lowest BCUT2D eigenvalue weighted by atomic mass is 10.1. The number of aromatic amines is 1. The van der Waals surface area contributed by atoms with Crippen LogP contribution in [0.5, 0.6) is 0 Å². The largest absolute Gasteiger partial charge is 0.383 e. The maximum Gasteiger partial charge on any atom is 0.330 e. The molecule has 3 aromatic rings. The number of benzene rings is 1. The average molecular weight is 425 g/mol. The second kappa shape index (κ2) is 9.46. The molecule has 0 aliphatic heterocycles. The number of nitrogen functional groups attached to an aromatic ring is 1. The van der Waals surface area contributed by atoms with Crippen LogP contribution >= 0.6 is 0 Å². The third-order valence-electron chi connectivity index (χ3n) is 5.01. The van der Waals surface area contributed by atoms with Crippen LogP contribution in [0.3, 0.4) is 0 Å². The normalized spacial score (nSPS) is 10.9. The molecule has 164 valence electrons. The Balaban J connectivity index is 2.01. The predicted octanol–water partition coefficient (Wildman–Crippen LogP) is 2.47. The van der Waals surface area contributed by atoms with E-state index in [2.05, 4.69) is 10.1 Å². The highest BCUT2D eigenvalue weighted by Crippen LogP contribution is 2.21. The number of aromatic nitrogens is 4. The molecule has 0 spiro atoms. The summed E-state index contributed by atoms with van der Waals surface area (Å²) in [4.78, 5) is 41.9. The van der Waals surface area contributed by atoms with Crippen LogP contribution in [0, 0.1) is 6.92 Å². The number of carbonyl (C=O) groups excluding carboxylic acids is 1. The lowest BCUT2D eigenvalue weighted by molar-refractivity contribution is 0.0986.